The van der Waals surface area contributed by atoms with Crippen LogP contribution >= 0.6 is 0 Å². The van der Waals surface area contributed by atoms with Crippen LogP contribution in [0.25, 0.3) is 22.6 Å². The molecule has 4 aromatic rings. The average Bonchev–Trinajstić information content (AvgIpc) is 3.28. The van der Waals surface area contributed by atoms with E-state index in [-0.39, 0.29) is 11.8 Å². The van der Waals surface area contributed by atoms with Gasteiger partial charge in [0.1, 0.15) is 0 Å². The number of fused-ring (bicyclic) bond motifs is 1. The molecule has 0 bridgehead atoms. The molecule has 1 aliphatic heterocycles. The molecule has 1 aliphatic rings. The zero-order valence-corrected chi connectivity index (χ0v) is 13.7. The number of nitrogens with zero attached hydrogens (tertiary/aromatic N) is 5. The maximum absolute atomic E-state index is 12.7. The van der Waals surface area contributed by atoms with Crippen molar-refractivity contribution in [2.45, 2.75) is 5.92 Å². The summed E-state index contributed by atoms with van der Waals surface area (Å²) in [6, 6.07) is 9.50. The fourth-order valence-corrected chi connectivity index (χ4v) is 3.13. The standard InChI is InChI=1S/C18H14N6O2/c25-18(13-8-21-14-5-2-1-4-12(13)14)24-9-11(10-24)17-22-16(23-26-17)15-19-6-3-7-20-15/h1-8,11,21H,9-10H2. The summed E-state index contributed by atoms with van der Waals surface area (Å²) in [5.41, 5.74) is 1.64. The number of hydrogen-bond acceptors (Lipinski definition) is 6. The number of carbonyl (C=O) groups is 1. The molecule has 8 nitrogen and oxygen atoms in total. The molecule has 0 radical (unpaired) electrons. The average molecular weight is 346 g/mol. The molecule has 1 aromatic carbocycles. The molecular weight excluding hydrogens is 332 g/mol. The second-order valence-electron chi connectivity index (χ2n) is 6.18. The van der Waals surface area contributed by atoms with Gasteiger partial charge in [-0.3, -0.25) is 4.79 Å². The normalized spacial score (nSPS) is 14.5. The molecule has 1 saturated heterocycles. The predicted octanol–water partition coefficient (Wildman–Crippen LogP) is 2.25. The summed E-state index contributed by atoms with van der Waals surface area (Å²) in [5, 5.41) is 4.86. The maximum atomic E-state index is 12.7. The third-order valence-corrected chi connectivity index (χ3v) is 4.55. The first-order valence-corrected chi connectivity index (χ1v) is 8.26. The number of amides is 1. The van der Waals surface area contributed by atoms with Crippen molar-refractivity contribution in [3.05, 3.63) is 60.4 Å². The van der Waals surface area contributed by atoms with E-state index in [2.05, 4.69) is 25.1 Å². The highest BCUT2D eigenvalue weighted by Crippen LogP contribution is 2.29. The van der Waals surface area contributed by atoms with Gasteiger partial charge in [-0.15, -0.1) is 0 Å². The van der Waals surface area contributed by atoms with Crippen molar-refractivity contribution < 1.29 is 9.32 Å². The zero-order chi connectivity index (χ0) is 17.5. The van der Waals surface area contributed by atoms with Gasteiger partial charge in [0.25, 0.3) is 5.91 Å². The van der Waals surface area contributed by atoms with E-state index in [4.69, 9.17) is 4.52 Å². The fraction of sp³-hybridized carbons (Fsp3) is 0.167. The van der Waals surface area contributed by atoms with E-state index in [9.17, 15) is 4.79 Å². The van der Waals surface area contributed by atoms with E-state index in [1.54, 1.807) is 29.6 Å². The minimum absolute atomic E-state index is 0.00447. The van der Waals surface area contributed by atoms with Gasteiger partial charge >= 0.3 is 0 Å². The number of hydrogen-bond donors (Lipinski definition) is 1. The van der Waals surface area contributed by atoms with Crippen molar-refractivity contribution in [2.24, 2.45) is 0 Å². The minimum Gasteiger partial charge on any atom is -0.360 e. The lowest BCUT2D eigenvalue weighted by Crippen LogP contribution is -2.48. The van der Waals surface area contributed by atoms with Gasteiger partial charge in [-0.1, -0.05) is 23.4 Å². The van der Waals surface area contributed by atoms with Crippen LogP contribution < -0.4 is 0 Å². The summed E-state index contributed by atoms with van der Waals surface area (Å²) in [4.78, 5) is 30.2. The summed E-state index contributed by atoms with van der Waals surface area (Å²) >= 11 is 0. The molecule has 0 saturated carbocycles. The molecule has 0 spiro atoms. The van der Waals surface area contributed by atoms with Gasteiger partial charge in [-0.2, -0.15) is 4.98 Å². The summed E-state index contributed by atoms with van der Waals surface area (Å²) < 4.78 is 5.33. The molecule has 0 aliphatic carbocycles. The Bertz CT molecular complexity index is 1080. The van der Waals surface area contributed by atoms with Gasteiger partial charge < -0.3 is 14.4 Å². The number of rotatable bonds is 3. The Morgan fingerprint density at radius 1 is 1.12 bits per heavy atom. The van der Waals surface area contributed by atoms with Crippen molar-refractivity contribution in [1.82, 2.24) is 30.0 Å². The Kier molecular flexibility index (Phi) is 3.27. The van der Waals surface area contributed by atoms with Gasteiger partial charge in [-0.05, 0) is 12.1 Å². The maximum Gasteiger partial charge on any atom is 0.256 e. The Morgan fingerprint density at radius 3 is 2.77 bits per heavy atom. The molecule has 1 fully saturated rings. The molecule has 128 valence electrons. The highest BCUT2D eigenvalue weighted by atomic mass is 16.5. The molecule has 1 amide bonds. The van der Waals surface area contributed by atoms with Crippen molar-refractivity contribution in [2.75, 3.05) is 13.1 Å². The van der Waals surface area contributed by atoms with E-state index < -0.39 is 0 Å². The summed E-state index contributed by atoms with van der Waals surface area (Å²) in [7, 11) is 0. The van der Waals surface area contributed by atoms with E-state index in [0.717, 1.165) is 10.9 Å². The second-order valence-corrected chi connectivity index (χ2v) is 6.18. The minimum atomic E-state index is 0.00447. The highest BCUT2D eigenvalue weighted by Gasteiger charge is 2.36. The van der Waals surface area contributed by atoms with Crippen LogP contribution in [0.3, 0.4) is 0 Å². The summed E-state index contributed by atoms with van der Waals surface area (Å²) in [5.74, 6) is 1.34. The van der Waals surface area contributed by atoms with Crippen molar-refractivity contribution in [3.63, 3.8) is 0 Å². The van der Waals surface area contributed by atoms with Crippen LogP contribution in [-0.4, -0.2) is 49.0 Å². The number of H-pyrrole nitrogens is 1. The van der Waals surface area contributed by atoms with Crippen LogP contribution in [-0.2, 0) is 0 Å². The summed E-state index contributed by atoms with van der Waals surface area (Å²) in [6.07, 6.45) is 5.02. The molecule has 3 aromatic heterocycles. The SMILES string of the molecule is O=C(c1c[nH]c2ccccc12)N1CC(c2nc(-c3ncccn3)no2)C1. The van der Waals surface area contributed by atoms with Gasteiger partial charge in [0, 0.05) is 42.6 Å². The van der Waals surface area contributed by atoms with E-state index in [1.165, 1.54) is 0 Å². The molecule has 26 heavy (non-hydrogen) atoms. The Hall–Kier alpha value is -3.55. The third-order valence-electron chi connectivity index (χ3n) is 4.55. The Labute approximate surface area is 147 Å². The number of aromatic amines is 1. The molecule has 5 rings (SSSR count). The molecule has 4 heterocycles. The number of para-hydroxylation sites is 1. The third kappa shape index (κ3) is 2.34. The van der Waals surface area contributed by atoms with Crippen LogP contribution in [0.15, 0.2) is 53.4 Å². The lowest BCUT2D eigenvalue weighted by Gasteiger charge is -2.36. The smallest absolute Gasteiger partial charge is 0.256 e. The van der Waals surface area contributed by atoms with Gasteiger partial charge in [0.05, 0.1) is 11.5 Å². The Balaban J connectivity index is 1.30. The van der Waals surface area contributed by atoms with Crippen molar-refractivity contribution in [1.29, 1.82) is 0 Å². The quantitative estimate of drug-likeness (QED) is 0.610. The first-order chi connectivity index (χ1) is 12.8. The van der Waals surface area contributed by atoms with E-state index >= 15 is 0 Å². The van der Waals surface area contributed by atoms with Gasteiger partial charge in [-0.25, -0.2) is 9.97 Å². The first kappa shape index (κ1) is 14.8. The first-order valence-electron chi connectivity index (χ1n) is 8.26. The number of carbonyl (C=O) groups excluding carboxylic acids is 1. The number of likely N-dealkylation sites (tertiary alicyclic amines) is 1. The van der Waals surface area contributed by atoms with Crippen LogP contribution in [0, 0.1) is 0 Å². The highest BCUT2D eigenvalue weighted by molar-refractivity contribution is 6.07. The molecule has 0 unspecified atom stereocenters. The second kappa shape index (κ2) is 5.76. The number of benzene rings is 1. The molecule has 8 heteroatoms. The predicted molar refractivity (Wildman–Crippen MR) is 92.3 cm³/mol. The van der Waals surface area contributed by atoms with E-state index in [1.807, 2.05) is 24.3 Å². The molecule has 1 N–H and O–H groups in total. The van der Waals surface area contributed by atoms with Crippen LogP contribution in [0.4, 0.5) is 0 Å². The van der Waals surface area contributed by atoms with Crippen LogP contribution in [0.2, 0.25) is 0 Å². The van der Waals surface area contributed by atoms with Gasteiger partial charge in [0.15, 0.2) is 0 Å². The van der Waals surface area contributed by atoms with Crippen molar-refractivity contribution in [3.8, 4) is 11.6 Å². The topological polar surface area (TPSA) is 101 Å². The summed E-state index contributed by atoms with van der Waals surface area (Å²) in [6.45, 7) is 1.10. The van der Waals surface area contributed by atoms with Crippen molar-refractivity contribution >= 4 is 16.8 Å². The number of nitrogens with one attached hydrogen (secondary N) is 1. The largest absolute Gasteiger partial charge is 0.360 e. The lowest BCUT2D eigenvalue weighted by molar-refractivity contribution is 0.0571. The lowest BCUT2D eigenvalue weighted by atomic mass is 9.98. The van der Waals surface area contributed by atoms with E-state index in [0.29, 0.717) is 36.2 Å². The van der Waals surface area contributed by atoms with Crippen LogP contribution in [0.1, 0.15) is 22.2 Å². The monoisotopic (exact) mass is 346 g/mol. The van der Waals surface area contributed by atoms with Crippen LogP contribution in [0.5, 0.6) is 0 Å². The molecule has 0 atom stereocenters. The molecular formula is C18H14N6O2. The number of aromatic nitrogens is 5. The van der Waals surface area contributed by atoms with Gasteiger partial charge in [0.2, 0.25) is 17.5 Å². The fourth-order valence-electron chi connectivity index (χ4n) is 3.13. The Morgan fingerprint density at radius 2 is 1.92 bits per heavy atom. The zero-order valence-electron chi connectivity index (χ0n) is 13.7.